The first kappa shape index (κ1) is 9.19. The molecule has 0 N–H and O–H groups in total. The van der Waals surface area contributed by atoms with E-state index in [1.165, 1.54) is 0 Å². The maximum atomic E-state index is 10.7. The summed E-state index contributed by atoms with van der Waals surface area (Å²) in [6.07, 6.45) is 6.03. The largest absolute Gasteiger partial charge is 0.374 e. The van der Waals surface area contributed by atoms with Crippen molar-refractivity contribution in [1.29, 1.82) is 0 Å². The zero-order chi connectivity index (χ0) is 7.82. The molecule has 0 aliphatic heterocycles. The van der Waals surface area contributed by atoms with Gasteiger partial charge in [-0.15, -0.1) is 6.42 Å². The van der Waals surface area contributed by atoms with Crippen molar-refractivity contribution in [3.63, 3.8) is 0 Å². The quantitative estimate of drug-likeness (QED) is 0.420. The van der Waals surface area contributed by atoms with E-state index in [-0.39, 0.29) is 18.8 Å². The highest BCUT2D eigenvalue weighted by molar-refractivity contribution is 5.81. The first-order valence-electron chi connectivity index (χ1n) is 3.34. The summed E-state index contributed by atoms with van der Waals surface area (Å²) >= 11 is 0. The number of Topliss-reactive ketones (excluding diaryl/α,β-unsaturated/α-hetero) is 1. The highest BCUT2D eigenvalue weighted by atomic mass is 16.5. The number of ketones is 1. The Morgan fingerprint density at radius 1 is 1.70 bits per heavy atom. The smallest absolute Gasteiger partial charge is 0.170 e. The Labute approximate surface area is 61.6 Å². The van der Waals surface area contributed by atoms with Crippen LogP contribution in [0.1, 0.15) is 19.8 Å². The van der Waals surface area contributed by atoms with Crippen molar-refractivity contribution < 1.29 is 9.53 Å². The Balaban J connectivity index is 3.15. The number of carbonyl (C=O) groups excluding carboxylic acids is 1. The van der Waals surface area contributed by atoms with Crippen LogP contribution in [0, 0.1) is 12.3 Å². The molecule has 2 nitrogen and oxygen atoms in total. The summed E-state index contributed by atoms with van der Waals surface area (Å²) in [6.45, 7) is 2.79. The van der Waals surface area contributed by atoms with Gasteiger partial charge in [0.15, 0.2) is 5.78 Å². The number of carbonyl (C=O) groups is 1. The van der Waals surface area contributed by atoms with E-state index in [1.807, 2.05) is 6.92 Å². The SMILES string of the molecule is C#CCC(=O)COCCC. The van der Waals surface area contributed by atoms with Crippen LogP contribution < -0.4 is 0 Å². The van der Waals surface area contributed by atoms with Crippen molar-refractivity contribution in [2.75, 3.05) is 13.2 Å². The van der Waals surface area contributed by atoms with Gasteiger partial charge in [0.1, 0.15) is 6.61 Å². The van der Waals surface area contributed by atoms with Gasteiger partial charge in [0.2, 0.25) is 0 Å². The Morgan fingerprint density at radius 3 is 2.90 bits per heavy atom. The molecule has 0 aliphatic carbocycles. The molecule has 0 atom stereocenters. The van der Waals surface area contributed by atoms with Gasteiger partial charge in [-0.2, -0.15) is 0 Å². The summed E-state index contributed by atoms with van der Waals surface area (Å²) in [7, 11) is 0. The van der Waals surface area contributed by atoms with Crippen molar-refractivity contribution in [1.82, 2.24) is 0 Å². The van der Waals surface area contributed by atoms with Crippen LogP contribution in [0.3, 0.4) is 0 Å². The number of rotatable bonds is 5. The summed E-state index contributed by atoms with van der Waals surface area (Å²) in [5, 5.41) is 0. The van der Waals surface area contributed by atoms with Crippen LogP contribution in [0.15, 0.2) is 0 Å². The van der Waals surface area contributed by atoms with Crippen molar-refractivity contribution >= 4 is 5.78 Å². The molecule has 0 unspecified atom stereocenters. The van der Waals surface area contributed by atoms with Crippen LogP contribution in [0.4, 0.5) is 0 Å². The lowest BCUT2D eigenvalue weighted by Gasteiger charge is -1.97. The monoisotopic (exact) mass is 140 g/mol. The Bertz CT molecular complexity index is 133. The Morgan fingerprint density at radius 2 is 2.40 bits per heavy atom. The van der Waals surface area contributed by atoms with Crippen molar-refractivity contribution in [3.8, 4) is 12.3 Å². The summed E-state index contributed by atoms with van der Waals surface area (Å²) in [5.41, 5.74) is 0. The van der Waals surface area contributed by atoms with E-state index in [0.29, 0.717) is 6.61 Å². The predicted octanol–water partition coefficient (Wildman–Crippen LogP) is 1.01. The molecule has 0 saturated carbocycles. The van der Waals surface area contributed by atoms with E-state index in [1.54, 1.807) is 0 Å². The number of hydrogen-bond donors (Lipinski definition) is 0. The van der Waals surface area contributed by atoms with Crippen LogP contribution >= 0.6 is 0 Å². The highest BCUT2D eigenvalue weighted by Gasteiger charge is 1.96. The van der Waals surface area contributed by atoms with E-state index in [0.717, 1.165) is 6.42 Å². The van der Waals surface area contributed by atoms with Gasteiger partial charge >= 0.3 is 0 Å². The molecule has 0 aromatic rings. The molecule has 0 rings (SSSR count). The molecule has 0 bridgehead atoms. The third kappa shape index (κ3) is 5.33. The second-order valence-corrected chi connectivity index (χ2v) is 1.97. The van der Waals surface area contributed by atoms with E-state index >= 15 is 0 Å². The zero-order valence-electron chi connectivity index (χ0n) is 6.22. The molecule has 0 amide bonds. The number of terminal acetylenes is 1. The lowest BCUT2D eigenvalue weighted by atomic mass is 10.3. The van der Waals surface area contributed by atoms with Crippen molar-refractivity contribution in [2.24, 2.45) is 0 Å². The molecule has 10 heavy (non-hydrogen) atoms. The standard InChI is InChI=1S/C8H12O2/c1-3-5-8(9)7-10-6-4-2/h1H,4-7H2,2H3. The van der Waals surface area contributed by atoms with Gasteiger partial charge in [0.25, 0.3) is 0 Å². The van der Waals surface area contributed by atoms with Gasteiger partial charge in [-0.25, -0.2) is 0 Å². The summed E-state index contributed by atoms with van der Waals surface area (Å²) in [4.78, 5) is 10.7. The third-order valence-electron chi connectivity index (χ3n) is 0.911. The summed E-state index contributed by atoms with van der Waals surface area (Å²) in [5.74, 6) is 2.25. The number of hydrogen-bond acceptors (Lipinski definition) is 2. The molecule has 0 aliphatic rings. The van der Waals surface area contributed by atoms with Crippen LogP contribution in [0.25, 0.3) is 0 Å². The maximum absolute atomic E-state index is 10.7. The molecule has 56 valence electrons. The Hall–Kier alpha value is -0.810. The molecule has 2 heteroatoms. The fraction of sp³-hybridized carbons (Fsp3) is 0.625. The summed E-state index contributed by atoms with van der Waals surface area (Å²) in [6, 6.07) is 0. The van der Waals surface area contributed by atoms with E-state index in [9.17, 15) is 4.79 Å². The first-order chi connectivity index (χ1) is 4.81. The van der Waals surface area contributed by atoms with Gasteiger partial charge in [-0.05, 0) is 6.42 Å². The van der Waals surface area contributed by atoms with Crippen LogP contribution in [0.5, 0.6) is 0 Å². The second kappa shape index (κ2) is 6.31. The molecule has 0 aromatic carbocycles. The lowest BCUT2D eigenvalue weighted by Crippen LogP contribution is -2.07. The first-order valence-corrected chi connectivity index (χ1v) is 3.34. The number of ether oxygens (including phenoxy) is 1. The van der Waals surface area contributed by atoms with Gasteiger partial charge in [-0.3, -0.25) is 4.79 Å². The normalized spacial score (nSPS) is 8.80. The topological polar surface area (TPSA) is 26.3 Å². The minimum Gasteiger partial charge on any atom is -0.374 e. The van der Waals surface area contributed by atoms with E-state index in [2.05, 4.69) is 5.92 Å². The molecular weight excluding hydrogens is 128 g/mol. The molecule has 0 aromatic heterocycles. The van der Waals surface area contributed by atoms with Crippen molar-refractivity contribution in [2.45, 2.75) is 19.8 Å². The van der Waals surface area contributed by atoms with Gasteiger partial charge < -0.3 is 4.74 Å². The van der Waals surface area contributed by atoms with Crippen LogP contribution in [0.2, 0.25) is 0 Å². The van der Waals surface area contributed by atoms with Gasteiger partial charge in [-0.1, -0.05) is 12.8 Å². The van der Waals surface area contributed by atoms with Crippen LogP contribution in [-0.2, 0) is 9.53 Å². The van der Waals surface area contributed by atoms with Crippen molar-refractivity contribution in [3.05, 3.63) is 0 Å². The highest BCUT2D eigenvalue weighted by Crippen LogP contribution is 1.84. The summed E-state index contributed by atoms with van der Waals surface area (Å²) < 4.78 is 4.95. The molecule has 0 radical (unpaired) electrons. The average molecular weight is 140 g/mol. The molecular formula is C8H12O2. The van der Waals surface area contributed by atoms with Gasteiger partial charge in [0, 0.05) is 6.61 Å². The minimum absolute atomic E-state index is 0.0176. The fourth-order valence-electron chi connectivity index (χ4n) is 0.495. The molecule has 0 heterocycles. The zero-order valence-corrected chi connectivity index (χ0v) is 6.22. The fourth-order valence-corrected chi connectivity index (χ4v) is 0.495. The third-order valence-corrected chi connectivity index (χ3v) is 0.911. The molecule has 0 saturated heterocycles. The second-order valence-electron chi connectivity index (χ2n) is 1.97. The van der Waals surface area contributed by atoms with Gasteiger partial charge in [0.05, 0.1) is 6.42 Å². The van der Waals surface area contributed by atoms with E-state index in [4.69, 9.17) is 11.2 Å². The Kier molecular flexibility index (Phi) is 5.80. The predicted molar refractivity (Wildman–Crippen MR) is 39.6 cm³/mol. The average Bonchev–Trinajstić information content (AvgIpc) is 1.89. The maximum Gasteiger partial charge on any atom is 0.170 e. The molecule has 0 spiro atoms. The molecule has 0 fully saturated rings. The van der Waals surface area contributed by atoms with E-state index < -0.39 is 0 Å². The minimum atomic E-state index is -0.0176. The van der Waals surface area contributed by atoms with Crippen LogP contribution in [-0.4, -0.2) is 19.0 Å². The lowest BCUT2D eigenvalue weighted by molar-refractivity contribution is -0.122.